The Morgan fingerprint density at radius 3 is 2.16 bits per heavy atom. The monoisotopic (exact) mass is 435 g/mol. The van der Waals surface area contributed by atoms with Gasteiger partial charge in [-0.25, -0.2) is 13.1 Å². The third-order valence-electron chi connectivity index (χ3n) is 4.88. The topological polar surface area (TPSA) is 99.0 Å². The molecule has 0 atom stereocenters. The largest absolute Gasteiger partial charge is 0.438 e. The fourth-order valence-corrected chi connectivity index (χ4v) is 4.03. The molecule has 4 aromatic rings. The Morgan fingerprint density at radius 1 is 0.871 bits per heavy atom. The van der Waals surface area contributed by atoms with Crippen molar-refractivity contribution in [3.05, 3.63) is 83.7 Å². The molecule has 1 N–H and O–H groups in total. The van der Waals surface area contributed by atoms with Gasteiger partial charge >= 0.3 is 0 Å². The summed E-state index contributed by atoms with van der Waals surface area (Å²) in [6.07, 6.45) is 0. The van der Waals surface area contributed by atoms with E-state index in [1.807, 2.05) is 20.8 Å². The van der Waals surface area contributed by atoms with Gasteiger partial charge in [0.15, 0.2) is 5.82 Å². The molecule has 0 bridgehead atoms. The van der Waals surface area contributed by atoms with Crippen molar-refractivity contribution in [2.45, 2.75) is 25.7 Å². The summed E-state index contributed by atoms with van der Waals surface area (Å²) < 4.78 is 34.8. The van der Waals surface area contributed by atoms with Crippen LogP contribution in [0.25, 0.3) is 5.82 Å². The number of sulfonamides is 1. The summed E-state index contributed by atoms with van der Waals surface area (Å²) in [6.45, 7) is 5.95. The molecule has 31 heavy (non-hydrogen) atoms. The predicted octanol–water partition coefficient (Wildman–Crippen LogP) is 4.18. The average Bonchev–Trinajstić information content (AvgIpc) is 3.03. The van der Waals surface area contributed by atoms with Crippen molar-refractivity contribution in [2.75, 3.05) is 4.72 Å². The highest BCUT2D eigenvalue weighted by atomic mass is 32.2. The summed E-state index contributed by atoms with van der Waals surface area (Å²) in [5, 5.41) is 12.8. The maximum absolute atomic E-state index is 12.4. The Bertz CT molecular complexity index is 1300. The molecule has 0 unspecified atom stereocenters. The first kappa shape index (κ1) is 20.5. The van der Waals surface area contributed by atoms with Crippen LogP contribution in [-0.2, 0) is 10.0 Å². The molecular formula is C22H21N5O3S. The van der Waals surface area contributed by atoms with Gasteiger partial charge in [-0.2, -0.15) is 5.10 Å². The summed E-state index contributed by atoms with van der Waals surface area (Å²) in [5.74, 6) is 1.43. The van der Waals surface area contributed by atoms with Gasteiger partial charge in [0.25, 0.3) is 10.0 Å². The van der Waals surface area contributed by atoms with Gasteiger partial charge in [0.1, 0.15) is 5.75 Å². The zero-order valence-corrected chi connectivity index (χ0v) is 18.1. The van der Waals surface area contributed by atoms with E-state index >= 15 is 0 Å². The van der Waals surface area contributed by atoms with Gasteiger partial charge in [0, 0.05) is 17.4 Å². The van der Waals surface area contributed by atoms with Crippen molar-refractivity contribution in [3.63, 3.8) is 0 Å². The molecular weight excluding hydrogens is 414 g/mol. The first-order valence-electron chi connectivity index (χ1n) is 9.56. The second kappa shape index (κ2) is 8.19. The van der Waals surface area contributed by atoms with Gasteiger partial charge in [0.05, 0.1) is 10.6 Å². The highest BCUT2D eigenvalue weighted by Crippen LogP contribution is 2.23. The molecule has 0 fully saturated rings. The minimum atomic E-state index is -3.64. The number of rotatable bonds is 6. The van der Waals surface area contributed by atoms with Gasteiger partial charge in [-0.15, -0.1) is 10.2 Å². The average molecular weight is 436 g/mol. The van der Waals surface area contributed by atoms with E-state index in [1.54, 1.807) is 59.3 Å². The molecule has 8 nitrogen and oxygen atoms in total. The summed E-state index contributed by atoms with van der Waals surface area (Å²) in [7, 11) is -3.64. The molecule has 0 saturated heterocycles. The van der Waals surface area contributed by atoms with Gasteiger partial charge in [-0.1, -0.05) is 18.2 Å². The van der Waals surface area contributed by atoms with Crippen LogP contribution in [0.15, 0.2) is 71.6 Å². The highest BCUT2D eigenvalue weighted by Gasteiger charge is 2.14. The van der Waals surface area contributed by atoms with Crippen molar-refractivity contribution < 1.29 is 13.2 Å². The SMILES string of the molecule is Cc1nn(-c2ccc(Oc3ccc(NS(=O)(=O)c4ccccc4)cc3)nn2)c(C)c1C. The number of anilines is 1. The Balaban J connectivity index is 1.45. The zero-order chi connectivity index (χ0) is 22.0. The molecule has 4 rings (SSSR count). The standard InChI is InChI=1S/C22H21N5O3S/c1-15-16(2)25-27(17(15)3)21-13-14-22(24-23-21)30-19-11-9-18(10-12-19)26-31(28,29)20-7-5-4-6-8-20/h4-14,26H,1-3H3. The molecule has 158 valence electrons. The number of benzene rings is 2. The van der Waals surface area contributed by atoms with Crippen molar-refractivity contribution in [3.8, 4) is 17.4 Å². The third kappa shape index (κ3) is 4.41. The van der Waals surface area contributed by atoms with Crippen molar-refractivity contribution in [1.29, 1.82) is 0 Å². The number of nitrogens with zero attached hydrogens (tertiary/aromatic N) is 4. The Hall–Kier alpha value is -3.72. The second-order valence-corrected chi connectivity index (χ2v) is 8.66. The quantitative estimate of drug-likeness (QED) is 0.488. The molecule has 9 heteroatoms. The lowest BCUT2D eigenvalue weighted by atomic mass is 10.2. The van der Waals surface area contributed by atoms with Crippen LogP contribution in [0.1, 0.15) is 17.0 Å². The lowest BCUT2D eigenvalue weighted by Crippen LogP contribution is -2.12. The number of aromatic nitrogens is 4. The lowest BCUT2D eigenvalue weighted by Gasteiger charge is -2.09. The van der Waals surface area contributed by atoms with Gasteiger partial charge in [-0.3, -0.25) is 4.72 Å². The lowest BCUT2D eigenvalue weighted by molar-refractivity contribution is 0.454. The number of hydrogen-bond acceptors (Lipinski definition) is 6. The summed E-state index contributed by atoms with van der Waals surface area (Å²) in [4.78, 5) is 0.198. The van der Waals surface area contributed by atoms with Crippen molar-refractivity contribution in [1.82, 2.24) is 20.0 Å². The number of nitrogens with one attached hydrogen (secondary N) is 1. The van der Waals surface area contributed by atoms with Crippen LogP contribution in [0.4, 0.5) is 5.69 Å². The van der Waals surface area contributed by atoms with E-state index in [1.165, 1.54) is 12.1 Å². The van der Waals surface area contributed by atoms with Gasteiger partial charge < -0.3 is 4.74 Å². The molecule has 0 aliphatic carbocycles. The fraction of sp³-hybridized carbons (Fsp3) is 0.136. The van der Waals surface area contributed by atoms with Gasteiger partial charge in [-0.05, 0) is 68.8 Å². The second-order valence-electron chi connectivity index (χ2n) is 6.98. The third-order valence-corrected chi connectivity index (χ3v) is 6.28. The van der Waals surface area contributed by atoms with Gasteiger partial charge in [0.2, 0.25) is 5.88 Å². The fourth-order valence-electron chi connectivity index (χ4n) is 2.95. The Labute approximate surface area is 180 Å². The predicted molar refractivity (Wildman–Crippen MR) is 117 cm³/mol. The van der Waals surface area contributed by atoms with Crippen LogP contribution in [0.3, 0.4) is 0 Å². The zero-order valence-electron chi connectivity index (χ0n) is 17.3. The van der Waals surface area contributed by atoms with Crippen LogP contribution < -0.4 is 9.46 Å². The van der Waals surface area contributed by atoms with Crippen molar-refractivity contribution in [2.24, 2.45) is 0 Å². The normalized spacial score (nSPS) is 11.3. The molecule has 2 aromatic carbocycles. The van der Waals surface area contributed by atoms with Crippen LogP contribution in [0.5, 0.6) is 11.6 Å². The maximum Gasteiger partial charge on any atom is 0.261 e. The summed E-state index contributed by atoms with van der Waals surface area (Å²) in [6, 6.07) is 18.2. The maximum atomic E-state index is 12.4. The van der Waals surface area contributed by atoms with E-state index in [0.717, 1.165) is 17.0 Å². The number of ether oxygens (including phenoxy) is 1. The molecule has 0 spiro atoms. The number of aryl methyl sites for hydroxylation is 1. The van der Waals surface area contributed by atoms with Crippen LogP contribution in [0, 0.1) is 20.8 Å². The highest BCUT2D eigenvalue weighted by molar-refractivity contribution is 7.92. The van der Waals surface area contributed by atoms with Crippen LogP contribution in [-0.4, -0.2) is 28.4 Å². The van der Waals surface area contributed by atoms with Crippen molar-refractivity contribution >= 4 is 15.7 Å². The minimum absolute atomic E-state index is 0.198. The molecule has 2 heterocycles. The molecule has 0 aliphatic rings. The minimum Gasteiger partial charge on any atom is -0.438 e. The Morgan fingerprint density at radius 2 is 1.58 bits per heavy atom. The smallest absolute Gasteiger partial charge is 0.261 e. The van der Waals surface area contributed by atoms with E-state index in [0.29, 0.717) is 23.1 Å². The van der Waals surface area contributed by atoms with E-state index < -0.39 is 10.0 Å². The molecule has 0 amide bonds. The van der Waals surface area contributed by atoms with Crippen LogP contribution >= 0.6 is 0 Å². The van der Waals surface area contributed by atoms with E-state index in [-0.39, 0.29) is 4.90 Å². The molecule has 0 saturated carbocycles. The summed E-state index contributed by atoms with van der Waals surface area (Å²) in [5.41, 5.74) is 3.50. The van der Waals surface area contributed by atoms with E-state index in [4.69, 9.17) is 4.74 Å². The number of hydrogen-bond donors (Lipinski definition) is 1. The first-order valence-corrected chi connectivity index (χ1v) is 11.0. The van der Waals surface area contributed by atoms with E-state index in [9.17, 15) is 8.42 Å². The molecule has 0 aliphatic heterocycles. The molecule has 2 aromatic heterocycles. The van der Waals surface area contributed by atoms with E-state index in [2.05, 4.69) is 20.0 Å². The Kier molecular flexibility index (Phi) is 5.43. The molecule has 0 radical (unpaired) electrons. The first-order chi connectivity index (χ1) is 14.8. The summed E-state index contributed by atoms with van der Waals surface area (Å²) >= 11 is 0. The van der Waals surface area contributed by atoms with Crippen LogP contribution in [0.2, 0.25) is 0 Å².